The lowest BCUT2D eigenvalue weighted by atomic mass is 9.83. The predicted molar refractivity (Wildman–Crippen MR) is 54.3 cm³/mol. The van der Waals surface area contributed by atoms with Crippen molar-refractivity contribution in [3.8, 4) is 0 Å². The van der Waals surface area contributed by atoms with Crippen molar-refractivity contribution in [2.45, 2.75) is 39.5 Å². The number of carbonyl (C=O) groups is 1. The zero-order chi connectivity index (χ0) is 8.97. The lowest BCUT2D eigenvalue weighted by Gasteiger charge is -2.25. The third-order valence-corrected chi connectivity index (χ3v) is 3.61. The number of rotatable bonds is 2. The van der Waals surface area contributed by atoms with Crippen LogP contribution >= 0.6 is 11.8 Å². The second kappa shape index (κ2) is 4.90. The van der Waals surface area contributed by atoms with Gasteiger partial charge in [-0.1, -0.05) is 31.5 Å². The van der Waals surface area contributed by atoms with E-state index in [1.54, 1.807) is 6.92 Å². The molecule has 0 spiro atoms. The minimum absolute atomic E-state index is 0.272. The van der Waals surface area contributed by atoms with Gasteiger partial charge in [-0.05, 0) is 24.7 Å². The maximum atomic E-state index is 10.7. The zero-order valence-electron chi connectivity index (χ0n) is 8.01. The van der Waals surface area contributed by atoms with Crippen LogP contribution in [0.2, 0.25) is 0 Å². The van der Waals surface area contributed by atoms with Crippen molar-refractivity contribution in [1.82, 2.24) is 0 Å². The van der Waals surface area contributed by atoms with Crippen molar-refractivity contribution < 1.29 is 4.79 Å². The third kappa shape index (κ3) is 3.61. The second-order valence-electron chi connectivity index (χ2n) is 3.94. The molecule has 70 valence electrons. The lowest BCUT2D eigenvalue weighted by Crippen LogP contribution is -2.15. The highest BCUT2D eigenvalue weighted by Crippen LogP contribution is 2.30. The molecule has 0 bridgehead atoms. The minimum atomic E-state index is 0.272. The van der Waals surface area contributed by atoms with Crippen molar-refractivity contribution in [2.24, 2.45) is 11.8 Å². The summed E-state index contributed by atoms with van der Waals surface area (Å²) in [5.41, 5.74) is 0. The first-order valence-corrected chi connectivity index (χ1v) is 5.80. The average Bonchev–Trinajstić information content (AvgIpc) is 2.01. The first kappa shape index (κ1) is 10.1. The summed E-state index contributed by atoms with van der Waals surface area (Å²) in [7, 11) is 0. The van der Waals surface area contributed by atoms with Gasteiger partial charge in [0.2, 0.25) is 0 Å². The molecule has 1 aliphatic rings. The van der Waals surface area contributed by atoms with Crippen molar-refractivity contribution in [3.63, 3.8) is 0 Å². The van der Waals surface area contributed by atoms with Crippen LogP contribution in [0.1, 0.15) is 39.5 Å². The Morgan fingerprint density at radius 2 is 2.25 bits per heavy atom. The fourth-order valence-corrected chi connectivity index (χ4v) is 2.72. The van der Waals surface area contributed by atoms with Crippen LogP contribution in [-0.2, 0) is 4.79 Å². The highest BCUT2D eigenvalue weighted by molar-refractivity contribution is 8.13. The molecule has 2 atom stereocenters. The monoisotopic (exact) mass is 186 g/mol. The van der Waals surface area contributed by atoms with Crippen molar-refractivity contribution >= 4 is 16.9 Å². The van der Waals surface area contributed by atoms with E-state index in [-0.39, 0.29) is 5.12 Å². The van der Waals surface area contributed by atoms with Crippen LogP contribution in [0.3, 0.4) is 0 Å². The van der Waals surface area contributed by atoms with Gasteiger partial charge in [0.25, 0.3) is 0 Å². The van der Waals surface area contributed by atoms with Gasteiger partial charge in [-0.15, -0.1) is 0 Å². The maximum Gasteiger partial charge on any atom is 0.185 e. The highest BCUT2D eigenvalue weighted by atomic mass is 32.2. The minimum Gasteiger partial charge on any atom is -0.288 e. The molecule has 0 aromatic carbocycles. The number of carbonyl (C=O) groups excluding carboxylic acids is 1. The van der Waals surface area contributed by atoms with Crippen LogP contribution in [0.5, 0.6) is 0 Å². The van der Waals surface area contributed by atoms with E-state index in [4.69, 9.17) is 0 Å². The Labute approximate surface area is 79.3 Å². The quantitative estimate of drug-likeness (QED) is 0.659. The summed E-state index contributed by atoms with van der Waals surface area (Å²) in [6.45, 7) is 3.99. The summed E-state index contributed by atoms with van der Waals surface area (Å²) in [6.07, 6.45) is 5.43. The molecule has 0 heterocycles. The molecule has 2 heteroatoms. The van der Waals surface area contributed by atoms with Gasteiger partial charge in [0.05, 0.1) is 0 Å². The zero-order valence-corrected chi connectivity index (χ0v) is 8.82. The van der Waals surface area contributed by atoms with Crippen molar-refractivity contribution in [2.75, 3.05) is 5.75 Å². The van der Waals surface area contributed by atoms with E-state index in [0.29, 0.717) is 0 Å². The summed E-state index contributed by atoms with van der Waals surface area (Å²) in [4.78, 5) is 10.7. The second-order valence-corrected chi connectivity index (χ2v) is 5.14. The van der Waals surface area contributed by atoms with Crippen LogP contribution in [0.15, 0.2) is 0 Å². The summed E-state index contributed by atoms with van der Waals surface area (Å²) < 4.78 is 0. The van der Waals surface area contributed by atoms with E-state index < -0.39 is 0 Å². The molecule has 0 aliphatic heterocycles. The smallest absolute Gasteiger partial charge is 0.185 e. The van der Waals surface area contributed by atoms with Gasteiger partial charge < -0.3 is 0 Å². The fourth-order valence-electron chi connectivity index (χ4n) is 1.95. The molecular formula is C10H18OS. The van der Waals surface area contributed by atoms with Crippen LogP contribution < -0.4 is 0 Å². The van der Waals surface area contributed by atoms with E-state index in [1.807, 2.05) is 0 Å². The van der Waals surface area contributed by atoms with Crippen LogP contribution in [0.4, 0.5) is 0 Å². The Bertz CT molecular complexity index is 156. The normalized spacial score (nSPS) is 30.2. The molecule has 0 N–H and O–H groups in total. The first-order valence-electron chi connectivity index (χ1n) is 4.82. The molecule has 0 aromatic heterocycles. The van der Waals surface area contributed by atoms with Crippen LogP contribution in [0.25, 0.3) is 0 Å². The molecule has 1 saturated carbocycles. The molecule has 1 rings (SSSR count). The predicted octanol–water partition coefficient (Wildman–Crippen LogP) is 3.09. The summed E-state index contributed by atoms with van der Waals surface area (Å²) in [5.74, 6) is 2.75. The van der Waals surface area contributed by atoms with Gasteiger partial charge in [0.15, 0.2) is 5.12 Å². The van der Waals surface area contributed by atoms with Gasteiger partial charge >= 0.3 is 0 Å². The van der Waals surface area contributed by atoms with E-state index in [1.165, 1.54) is 37.4 Å². The molecule has 0 amide bonds. The molecule has 2 unspecified atom stereocenters. The maximum absolute atomic E-state index is 10.7. The molecule has 1 aliphatic carbocycles. The Morgan fingerprint density at radius 3 is 2.83 bits per heavy atom. The largest absolute Gasteiger partial charge is 0.288 e. The first-order chi connectivity index (χ1) is 5.68. The van der Waals surface area contributed by atoms with E-state index in [2.05, 4.69) is 6.92 Å². The van der Waals surface area contributed by atoms with E-state index >= 15 is 0 Å². The van der Waals surface area contributed by atoms with Gasteiger partial charge in [-0.3, -0.25) is 4.79 Å². The molecule has 1 fully saturated rings. The molecule has 12 heavy (non-hydrogen) atoms. The standard InChI is InChI=1S/C10H18OS/c1-8-4-3-5-10(6-8)7-12-9(2)11/h8,10H,3-7H2,1-2H3. The SMILES string of the molecule is CC(=O)SCC1CCCC(C)C1. The summed E-state index contributed by atoms with van der Waals surface area (Å²) in [5, 5.41) is 0.272. The van der Waals surface area contributed by atoms with E-state index in [0.717, 1.165) is 17.6 Å². The molecular weight excluding hydrogens is 168 g/mol. The summed E-state index contributed by atoms with van der Waals surface area (Å²) >= 11 is 1.50. The van der Waals surface area contributed by atoms with Crippen molar-refractivity contribution in [1.29, 1.82) is 0 Å². The van der Waals surface area contributed by atoms with Crippen LogP contribution in [0, 0.1) is 11.8 Å². The number of thioether (sulfide) groups is 1. The molecule has 0 saturated heterocycles. The van der Waals surface area contributed by atoms with Crippen LogP contribution in [-0.4, -0.2) is 10.9 Å². The summed E-state index contributed by atoms with van der Waals surface area (Å²) in [6, 6.07) is 0. The van der Waals surface area contributed by atoms with Gasteiger partial charge in [0.1, 0.15) is 0 Å². The van der Waals surface area contributed by atoms with Crippen molar-refractivity contribution in [3.05, 3.63) is 0 Å². The fraction of sp³-hybridized carbons (Fsp3) is 0.900. The van der Waals surface area contributed by atoms with E-state index in [9.17, 15) is 4.79 Å². The average molecular weight is 186 g/mol. The molecule has 0 radical (unpaired) electrons. The Kier molecular flexibility index (Phi) is 4.13. The number of hydrogen-bond acceptors (Lipinski definition) is 2. The number of hydrogen-bond donors (Lipinski definition) is 0. The van der Waals surface area contributed by atoms with Gasteiger partial charge in [-0.2, -0.15) is 0 Å². The Balaban J connectivity index is 2.18. The lowest BCUT2D eigenvalue weighted by molar-refractivity contribution is -0.109. The van der Waals surface area contributed by atoms with Gasteiger partial charge in [-0.25, -0.2) is 0 Å². The topological polar surface area (TPSA) is 17.1 Å². The molecule has 1 nitrogen and oxygen atoms in total. The highest BCUT2D eigenvalue weighted by Gasteiger charge is 2.18. The Hall–Kier alpha value is 0.0200. The third-order valence-electron chi connectivity index (χ3n) is 2.57. The molecule has 0 aromatic rings. The Morgan fingerprint density at radius 1 is 1.50 bits per heavy atom. The van der Waals surface area contributed by atoms with Gasteiger partial charge in [0, 0.05) is 12.7 Å².